The van der Waals surface area contributed by atoms with E-state index in [1.165, 1.54) is 16.7 Å². The molecular weight excluding hydrogens is 268 g/mol. The Kier molecular flexibility index (Phi) is 5.11. The first-order valence-corrected chi connectivity index (χ1v) is 8.54. The Morgan fingerprint density at radius 3 is 2.90 bits per heavy atom. The summed E-state index contributed by atoms with van der Waals surface area (Å²) in [7, 11) is 0. The second-order valence-electron chi connectivity index (χ2n) is 5.57. The standard InChI is InChI=1S/C16H24N2OS/c1-11-5-6-12(2)14(9-11)16-17-10-15(19)18(16)13(3)7-8-20-4/h5-6,9,13,16-17H,7-8,10H2,1-4H3. The van der Waals surface area contributed by atoms with Crippen LogP contribution in [0.1, 0.15) is 36.2 Å². The van der Waals surface area contributed by atoms with Gasteiger partial charge in [0.2, 0.25) is 5.91 Å². The SMILES string of the molecule is CSCCC(C)N1C(=O)CNC1c1cc(C)ccc1C. The van der Waals surface area contributed by atoms with Gasteiger partial charge in [0.1, 0.15) is 6.17 Å². The van der Waals surface area contributed by atoms with Gasteiger partial charge in [0, 0.05) is 6.04 Å². The lowest BCUT2D eigenvalue weighted by molar-refractivity contribution is -0.130. The number of aryl methyl sites for hydroxylation is 2. The molecule has 2 atom stereocenters. The molecule has 0 saturated carbocycles. The van der Waals surface area contributed by atoms with E-state index < -0.39 is 0 Å². The van der Waals surface area contributed by atoms with Crippen molar-refractivity contribution in [3.63, 3.8) is 0 Å². The van der Waals surface area contributed by atoms with E-state index in [1.807, 2.05) is 16.7 Å². The molecule has 1 fully saturated rings. The molecule has 1 aliphatic heterocycles. The van der Waals surface area contributed by atoms with Crippen molar-refractivity contribution in [1.29, 1.82) is 0 Å². The topological polar surface area (TPSA) is 32.3 Å². The van der Waals surface area contributed by atoms with E-state index in [2.05, 4.69) is 50.5 Å². The van der Waals surface area contributed by atoms with Crippen LogP contribution >= 0.6 is 11.8 Å². The molecule has 110 valence electrons. The van der Waals surface area contributed by atoms with Gasteiger partial charge in [0.05, 0.1) is 6.54 Å². The summed E-state index contributed by atoms with van der Waals surface area (Å²) in [4.78, 5) is 14.2. The smallest absolute Gasteiger partial charge is 0.238 e. The quantitative estimate of drug-likeness (QED) is 0.905. The highest BCUT2D eigenvalue weighted by Crippen LogP contribution is 2.29. The van der Waals surface area contributed by atoms with E-state index in [-0.39, 0.29) is 18.1 Å². The van der Waals surface area contributed by atoms with E-state index in [0.29, 0.717) is 6.54 Å². The van der Waals surface area contributed by atoms with Crippen molar-refractivity contribution in [1.82, 2.24) is 10.2 Å². The lowest BCUT2D eigenvalue weighted by Crippen LogP contribution is -2.38. The molecule has 1 N–H and O–H groups in total. The van der Waals surface area contributed by atoms with Gasteiger partial charge in [0.25, 0.3) is 0 Å². The van der Waals surface area contributed by atoms with Crippen molar-refractivity contribution in [3.05, 3.63) is 34.9 Å². The first-order valence-electron chi connectivity index (χ1n) is 7.15. The molecule has 0 bridgehead atoms. The molecule has 1 amide bonds. The molecule has 0 aromatic heterocycles. The van der Waals surface area contributed by atoms with Crippen LogP contribution < -0.4 is 5.32 Å². The minimum atomic E-state index is 0.0271. The van der Waals surface area contributed by atoms with E-state index >= 15 is 0 Å². The van der Waals surface area contributed by atoms with Gasteiger partial charge in [-0.25, -0.2) is 0 Å². The van der Waals surface area contributed by atoms with Gasteiger partial charge in [-0.2, -0.15) is 11.8 Å². The Labute approximate surface area is 126 Å². The highest BCUT2D eigenvalue weighted by atomic mass is 32.2. The summed E-state index contributed by atoms with van der Waals surface area (Å²) < 4.78 is 0. The van der Waals surface area contributed by atoms with Crippen molar-refractivity contribution < 1.29 is 4.79 Å². The average Bonchev–Trinajstić information content (AvgIpc) is 2.80. The van der Waals surface area contributed by atoms with Gasteiger partial charge in [-0.1, -0.05) is 23.8 Å². The minimum absolute atomic E-state index is 0.0271. The summed E-state index contributed by atoms with van der Waals surface area (Å²) in [5.74, 6) is 1.30. The summed E-state index contributed by atoms with van der Waals surface area (Å²) in [6, 6.07) is 6.73. The summed E-state index contributed by atoms with van der Waals surface area (Å²) in [6.45, 7) is 6.81. The fourth-order valence-corrected chi connectivity index (χ4v) is 3.34. The molecule has 1 saturated heterocycles. The number of carbonyl (C=O) groups excluding carboxylic acids is 1. The Morgan fingerprint density at radius 1 is 1.45 bits per heavy atom. The van der Waals surface area contributed by atoms with Gasteiger partial charge in [-0.05, 0) is 50.3 Å². The third-order valence-electron chi connectivity index (χ3n) is 3.96. The predicted octanol–water partition coefficient (Wildman–Crippen LogP) is 2.88. The van der Waals surface area contributed by atoms with E-state index in [4.69, 9.17) is 0 Å². The Morgan fingerprint density at radius 2 is 2.20 bits per heavy atom. The maximum Gasteiger partial charge on any atom is 0.238 e. The van der Waals surface area contributed by atoms with Crippen molar-refractivity contribution in [3.8, 4) is 0 Å². The number of rotatable bonds is 5. The van der Waals surface area contributed by atoms with E-state index in [9.17, 15) is 4.79 Å². The molecule has 3 nitrogen and oxygen atoms in total. The highest BCUT2D eigenvalue weighted by Gasteiger charge is 2.35. The molecule has 0 spiro atoms. The summed E-state index contributed by atoms with van der Waals surface area (Å²) in [6.07, 6.45) is 3.17. The van der Waals surface area contributed by atoms with Crippen LogP contribution in [0, 0.1) is 13.8 Å². The van der Waals surface area contributed by atoms with Gasteiger partial charge < -0.3 is 4.90 Å². The lowest BCUT2D eigenvalue weighted by atomic mass is 10.0. The van der Waals surface area contributed by atoms with Gasteiger partial charge in [-0.15, -0.1) is 0 Å². The van der Waals surface area contributed by atoms with Crippen LogP contribution in [0.4, 0.5) is 0 Å². The first kappa shape index (κ1) is 15.4. The number of nitrogens with zero attached hydrogens (tertiary/aromatic N) is 1. The predicted molar refractivity (Wildman–Crippen MR) is 86.0 cm³/mol. The number of nitrogens with one attached hydrogen (secondary N) is 1. The molecule has 2 rings (SSSR count). The van der Waals surface area contributed by atoms with Crippen LogP contribution in [0.25, 0.3) is 0 Å². The third kappa shape index (κ3) is 3.18. The molecule has 0 aliphatic carbocycles. The zero-order valence-corrected chi connectivity index (χ0v) is 13.6. The Balaban J connectivity index is 2.25. The van der Waals surface area contributed by atoms with Crippen molar-refractivity contribution in [2.45, 2.75) is 39.4 Å². The highest BCUT2D eigenvalue weighted by molar-refractivity contribution is 7.98. The van der Waals surface area contributed by atoms with Crippen molar-refractivity contribution >= 4 is 17.7 Å². The zero-order valence-electron chi connectivity index (χ0n) is 12.8. The molecular formula is C16H24N2OS. The number of hydrogen-bond donors (Lipinski definition) is 1. The summed E-state index contributed by atoms with van der Waals surface area (Å²) >= 11 is 1.83. The maximum atomic E-state index is 12.2. The molecule has 1 heterocycles. The summed E-state index contributed by atoms with van der Waals surface area (Å²) in [5, 5.41) is 3.37. The maximum absolute atomic E-state index is 12.2. The minimum Gasteiger partial charge on any atom is -0.319 e. The van der Waals surface area contributed by atoms with Crippen LogP contribution in [0.5, 0.6) is 0 Å². The fraction of sp³-hybridized carbons (Fsp3) is 0.562. The monoisotopic (exact) mass is 292 g/mol. The van der Waals surface area contributed by atoms with Crippen LogP contribution in [-0.2, 0) is 4.79 Å². The summed E-state index contributed by atoms with van der Waals surface area (Å²) in [5.41, 5.74) is 3.71. The van der Waals surface area contributed by atoms with Gasteiger partial charge in [-0.3, -0.25) is 10.1 Å². The van der Waals surface area contributed by atoms with Crippen LogP contribution in [0.15, 0.2) is 18.2 Å². The normalized spacial score (nSPS) is 20.5. The molecule has 2 unspecified atom stereocenters. The second kappa shape index (κ2) is 6.64. The largest absolute Gasteiger partial charge is 0.319 e. The zero-order chi connectivity index (χ0) is 14.7. The van der Waals surface area contributed by atoms with Gasteiger partial charge in [0.15, 0.2) is 0 Å². The van der Waals surface area contributed by atoms with Crippen molar-refractivity contribution in [2.24, 2.45) is 0 Å². The third-order valence-corrected chi connectivity index (χ3v) is 4.60. The number of thioether (sulfide) groups is 1. The molecule has 20 heavy (non-hydrogen) atoms. The van der Waals surface area contributed by atoms with Crippen LogP contribution in [0.2, 0.25) is 0 Å². The Bertz CT molecular complexity index is 489. The van der Waals surface area contributed by atoms with Crippen LogP contribution in [-0.4, -0.2) is 35.4 Å². The van der Waals surface area contributed by atoms with E-state index in [0.717, 1.165) is 12.2 Å². The molecule has 4 heteroatoms. The number of hydrogen-bond acceptors (Lipinski definition) is 3. The fourth-order valence-electron chi connectivity index (χ4n) is 2.76. The number of carbonyl (C=O) groups is 1. The number of amides is 1. The molecule has 1 aliphatic rings. The lowest BCUT2D eigenvalue weighted by Gasteiger charge is -2.31. The average molecular weight is 292 g/mol. The Hall–Kier alpha value is -1.00. The number of benzene rings is 1. The second-order valence-corrected chi connectivity index (χ2v) is 6.56. The van der Waals surface area contributed by atoms with Crippen molar-refractivity contribution in [2.75, 3.05) is 18.6 Å². The first-order chi connectivity index (χ1) is 9.54. The van der Waals surface area contributed by atoms with Crippen LogP contribution in [0.3, 0.4) is 0 Å². The molecule has 1 aromatic carbocycles. The van der Waals surface area contributed by atoms with E-state index in [1.54, 1.807) is 0 Å². The van der Waals surface area contributed by atoms with Gasteiger partial charge >= 0.3 is 0 Å². The molecule has 1 aromatic rings. The molecule has 0 radical (unpaired) electrons.